The molecular weight excluding hydrogens is 370 g/mol. The SMILES string of the molecule is CC(C)C(N)CCN(C)C(=O)C1CC(=O)N(c2ccccc2Br)C1. The Labute approximate surface area is 152 Å². The van der Waals surface area contributed by atoms with Gasteiger partial charge in [-0.1, -0.05) is 26.0 Å². The standard InChI is InChI=1S/C18H26BrN3O2/c1-12(2)15(20)8-9-21(3)18(24)13-10-17(23)22(11-13)16-7-5-4-6-14(16)19/h4-7,12-13,15H,8-11,20H2,1-3H3. The summed E-state index contributed by atoms with van der Waals surface area (Å²) in [6.45, 7) is 5.22. The minimum absolute atomic E-state index is 0.00691. The van der Waals surface area contributed by atoms with Crippen LogP contribution in [0, 0.1) is 11.8 Å². The molecule has 0 saturated carbocycles. The van der Waals surface area contributed by atoms with Gasteiger partial charge in [-0.2, -0.15) is 0 Å². The number of halogens is 1. The number of anilines is 1. The Morgan fingerprint density at radius 3 is 2.71 bits per heavy atom. The van der Waals surface area contributed by atoms with Gasteiger partial charge in [-0.05, 0) is 40.4 Å². The lowest BCUT2D eigenvalue weighted by Crippen LogP contribution is -2.38. The van der Waals surface area contributed by atoms with Crippen LogP contribution in [-0.4, -0.2) is 42.9 Å². The molecule has 2 rings (SSSR count). The van der Waals surface area contributed by atoms with Crippen molar-refractivity contribution in [3.05, 3.63) is 28.7 Å². The summed E-state index contributed by atoms with van der Waals surface area (Å²) in [5, 5.41) is 0. The molecule has 2 N–H and O–H groups in total. The molecule has 0 spiro atoms. The Morgan fingerprint density at radius 2 is 2.08 bits per heavy atom. The van der Waals surface area contributed by atoms with Crippen LogP contribution in [0.4, 0.5) is 5.69 Å². The number of carbonyl (C=O) groups is 2. The van der Waals surface area contributed by atoms with Crippen LogP contribution in [0.2, 0.25) is 0 Å². The van der Waals surface area contributed by atoms with Gasteiger partial charge < -0.3 is 15.5 Å². The van der Waals surface area contributed by atoms with Gasteiger partial charge in [0.1, 0.15) is 0 Å². The third kappa shape index (κ3) is 4.36. The van der Waals surface area contributed by atoms with Crippen molar-refractivity contribution >= 4 is 33.4 Å². The molecular formula is C18H26BrN3O2. The van der Waals surface area contributed by atoms with Gasteiger partial charge in [-0.15, -0.1) is 0 Å². The van der Waals surface area contributed by atoms with Crippen LogP contribution < -0.4 is 10.6 Å². The number of hydrogen-bond donors (Lipinski definition) is 1. The number of nitrogens with zero attached hydrogens (tertiary/aromatic N) is 2. The lowest BCUT2D eigenvalue weighted by atomic mass is 10.0. The number of nitrogens with two attached hydrogens (primary N) is 1. The molecule has 1 fully saturated rings. The van der Waals surface area contributed by atoms with Crippen LogP contribution >= 0.6 is 15.9 Å². The van der Waals surface area contributed by atoms with E-state index in [-0.39, 0.29) is 30.2 Å². The molecule has 1 aliphatic rings. The first kappa shape index (κ1) is 18.9. The maximum Gasteiger partial charge on any atom is 0.227 e. The summed E-state index contributed by atoms with van der Waals surface area (Å²) in [6.07, 6.45) is 1.04. The molecule has 2 atom stereocenters. The Bertz CT molecular complexity index is 606. The second-order valence-corrected chi connectivity index (χ2v) is 7.67. The van der Waals surface area contributed by atoms with Gasteiger partial charge in [-0.25, -0.2) is 0 Å². The van der Waals surface area contributed by atoms with Gasteiger partial charge >= 0.3 is 0 Å². The normalized spacial score (nSPS) is 19.0. The van der Waals surface area contributed by atoms with E-state index in [9.17, 15) is 9.59 Å². The Morgan fingerprint density at radius 1 is 1.42 bits per heavy atom. The molecule has 0 radical (unpaired) electrons. The summed E-state index contributed by atoms with van der Waals surface area (Å²) in [4.78, 5) is 28.4. The molecule has 2 unspecified atom stereocenters. The predicted molar refractivity (Wildman–Crippen MR) is 99.7 cm³/mol. The summed E-state index contributed by atoms with van der Waals surface area (Å²) in [5.41, 5.74) is 6.87. The zero-order valence-corrected chi connectivity index (χ0v) is 16.1. The van der Waals surface area contributed by atoms with E-state index in [2.05, 4.69) is 29.8 Å². The molecule has 6 heteroatoms. The van der Waals surface area contributed by atoms with Crippen molar-refractivity contribution < 1.29 is 9.59 Å². The van der Waals surface area contributed by atoms with E-state index in [0.717, 1.165) is 16.6 Å². The smallest absolute Gasteiger partial charge is 0.227 e. The van der Waals surface area contributed by atoms with E-state index in [1.54, 1.807) is 16.8 Å². The summed E-state index contributed by atoms with van der Waals surface area (Å²) in [5.74, 6) is 0.124. The van der Waals surface area contributed by atoms with Crippen LogP contribution in [0.1, 0.15) is 26.7 Å². The molecule has 1 aromatic carbocycles. The third-order valence-corrected chi connectivity index (χ3v) is 5.32. The molecule has 5 nitrogen and oxygen atoms in total. The van der Waals surface area contributed by atoms with Crippen LogP contribution in [0.25, 0.3) is 0 Å². The molecule has 1 aliphatic heterocycles. The average Bonchev–Trinajstić information content (AvgIpc) is 2.93. The lowest BCUT2D eigenvalue weighted by molar-refractivity contribution is -0.134. The molecule has 0 aliphatic carbocycles. The molecule has 0 bridgehead atoms. The monoisotopic (exact) mass is 395 g/mol. The predicted octanol–water partition coefficient (Wildman–Crippen LogP) is 2.63. The van der Waals surface area contributed by atoms with Gasteiger partial charge in [0.05, 0.1) is 11.6 Å². The maximum absolute atomic E-state index is 12.6. The van der Waals surface area contributed by atoms with Gasteiger partial charge in [-0.3, -0.25) is 9.59 Å². The van der Waals surface area contributed by atoms with Crippen LogP contribution in [0.5, 0.6) is 0 Å². The van der Waals surface area contributed by atoms with Gasteiger partial charge in [0.15, 0.2) is 0 Å². The summed E-state index contributed by atoms with van der Waals surface area (Å²) >= 11 is 3.47. The van der Waals surface area contributed by atoms with Crippen molar-refractivity contribution in [3.63, 3.8) is 0 Å². The van der Waals surface area contributed by atoms with E-state index >= 15 is 0 Å². The van der Waals surface area contributed by atoms with Crippen molar-refractivity contribution in [2.45, 2.75) is 32.7 Å². The summed E-state index contributed by atoms with van der Waals surface area (Å²) in [7, 11) is 1.79. The Hall–Kier alpha value is -1.40. The fourth-order valence-corrected chi connectivity index (χ4v) is 3.37. The topological polar surface area (TPSA) is 66.6 Å². The number of para-hydroxylation sites is 1. The summed E-state index contributed by atoms with van der Waals surface area (Å²) < 4.78 is 0.864. The molecule has 0 aromatic heterocycles. The van der Waals surface area contributed by atoms with Crippen molar-refractivity contribution in [1.82, 2.24) is 4.90 Å². The van der Waals surface area contributed by atoms with Gasteiger partial charge in [0, 0.05) is 37.1 Å². The van der Waals surface area contributed by atoms with Gasteiger partial charge in [0.25, 0.3) is 0 Å². The molecule has 1 saturated heterocycles. The summed E-state index contributed by atoms with van der Waals surface area (Å²) in [6, 6.07) is 7.67. The van der Waals surface area contributed by atoms with Crippen LogP contribution in [-0.2, 0) is 9.59 Å². The molecule has 1 aromatic rings. The Kier molecular flexibility index (Phi) is 6.40. The van der Waals surface area contributed by atoms with Crippen molar-refractivity contribution in [2.24, 2.45) is 17.6 Å². The highest BCUT2D eigenvalue weighted by molar-refractivity contribution is 9.10. The van der Waals surface area contributed by atoms with E-state index in [0.29, 0.717) is 19.0 Å². The number of carbonyl (C=O) groups excluding carboxylic acids is 2. The number of amides is 2. The first-order chi connectivity index (χ1) is 11.3. The van der Waals surface area contributed by atoms with Gasteiger partial charge in [0.2, 0.25) is 11.8 Å². The fraction of sp³-hybridized carbons (Fsp3) is 0.556. The minimum atomic E-state index is -0.287. The largest absolute Gasteiger partial charge is 0.345 e. The lowest BCUT2D eigenvalue weighted by Gasteiger charge is -2.24. The highest BCUT2D eigenvalue weighted by atomic mass is 79.9. The molecule has 24 heavy (non-hydrogen) atoms. The highest BCUT2D eigenvalue weighted by Gasteiger charge is 2.37. The number of rotatable bonds is 6. The minimum Gasteiger partial charge on any atom is -0.345 e. The maximum atomic E-state index is 12.6. The van der Waals surface area contributed by atoms with Crippen molar-refractivity contribution in [1.29, 1.82) is 0 Å². The molecule has 1 heterocycles. The van der Waals surface area contributed by atoms with E-state index < -0.39 is 0 Å². The van der Waals surface area contributed by atoms with E-state index in [1.807, 2.05) is 24.3 Å². The molecule has 2 amide bonds. The van der Waals surface area contributed by atoms with Crippen molar-refractivity contribution in [2.75, 3.05) is 25.0 Å². The number of hydrogen-bond acceptors (Lipinski definition) is 3. The zero-order chi connectivity index (χ0) is 17.9. The second kappa shape index (κ2) is 8.12. The highest BCUT2D eigenvalue weighted by Crippen LogP contribution is 2.31. The number of benzene rings is 1. The van der Waals surface area contributed by atoms with Crippen LogP contribution in [0.3, 0.4) is 0 Å². The Balaban J connectivity index is 1.97. The van der Waals surface area contributed by atoms with Crippen molar-refractivity contribution in [3.8, 4) is 0 Å². The average molecular weight is 396 g/mol. The molecule has 132 valence electrons. The quantitative estimate of drug-likeness (QED) is 0.804. The van der Waals surface area contributed by atoms with E-state index in [1.165, 1.54) is 0 Å². The zero-order valence-electron chi connectivity index (χ0n) is 14.5. The second-order valence-electron chi connectivity index (χ2n) is 6.81. The third-order valence-electron chi connectivity index (χ3n) is 4.65. The first-order valence-electron chi connectivity index (χ1n) is 8.36. The van der Waals surface area contributed by atoms with E-state index in [4.69, 9.17) is 5.73 Å². The fourth-order valence-electron chi connectivity index (χ4n) is 2.87. The van der Waals surface area contributed by atoms with Crippen LogP contribution in [0.15, 0.2) is 28.7 Å². The first-order valence-corrected chi connectivity index (χ1v) is 9.16.